The van der Waals surface area contributed by atoms with Crippen molar-refractivity contribution >= 4 is 16.7 Å². The van der Waals surface area contributed by atoms with Crippen LogP contribution < -0.4 is 0 Å². The molecule has 1 N–H and O–H groups in total. The van der Waals surface area contributed by atoms with Crippen LogP contribution in [-0.2, 0) is 0 Å². The number of fused-ring (bicyclic) bond motifs is 1. The fraction of sp³-hybridized carbons (Fsp3) is 0.250. The number of carbonyl (C=O) groups excluding carboxylic acids is 1. The normalized spacial score (nSPS) is 15.8. The summed E-state index contributed by atoms with van der Waals surface area (Å²) >= 11 is 0. The maximum absolute atomic E-state index is 12.9. The first-order chi connectivity index (χ1) is 7.25. The molecular weight excluding hydrogens is 193 g/mol. The number of aromatic amines is 1. The molecule has 0 saturated heterocycles. The van der Waals surface area contributed by atoms with E-state index < -0.39 is 0 Å². The van der Waals surface area contributed by atoms with Crippen LogP contribution in [0.3, 0.4) is 0 Å². The Morgan fingerprint density at radius 1 is 1.40 bits per heavy atom. The summed E-state index contributed by atoms with van der Waals surface area (Å²) in [7, 11) is 0. The molecule has 1 aromatic heterocycles. The zero-order valence-corrected chi connectivity index (χ0v) is 8.09. The Morgan fingerprint density at radius 2 is 2.20 bits per heavy atom. The first kappa shape index (κ1) is 8.65. The summed E-state index contributed by atoms with van der Waals surface area (Å²) in [6.45, 7) is 0. The number of ketones is 1. The van der Waals surface area contributed by atoms with Gasteiger partial charge in [0, 0.05) is 28.6 Å². The fourth-order valence-corrected chi connectivity index (χ4v) is 1.87. The molecule has 1 aliphatic rings. The molecule has 1 saturated carbocycles. The van der Waals surface area contributed by atoms with Crippen LogP contribution in [0.5, 0.6) is 0 Å². The van der Waals surface area contributed by atoms with Crippen molar-refractivity contribution in [3.63, 3.8) is 0 Å². The highest BCUT2D eigenvalue weighted by Gasteiger charge is 2.31. The fourth-order valence-electron chi connectivity index (χ4n) is 1.87. The number of hydrogen-bond donors (Lipinski definition) is 1. The van der Waals surface area contributed by atoms with Gasteiger partial charge in [-0.15, -0.1) is 0 Å². The van der Waals surface area contributed by atoms with Crippen LogP contribution in [0.4, 0.5) is 4.39 Å². The standard InChI is InChI=1S/C12H10FNO/c13-8-3-4-9-10(6-14-11(9)5-8)12(15)7-1-2-7/h3-7,14H,1-2H2. The monoisotopic (exact) mass is 203 g/mol. The Kier molecular flexibility index (Phi) is 1.69. The second-order valence-electron chi connectivity index (χ2n) is 4.03. The second kappa shape index (κ2) is 2.92. The molecule has 1 aromatic carbocycles. The molecule has 76 valence electrons. The molecule has 0 bridgehead atoms. The molecule has 15 heavy (non-hydrogen) atoms. The van der Waals surface area contributed by atoms with E-state index in [1.165, 1.54) is 12.1 Å². The largest absolute Gasteiger partial charge is 0.360 e. The Bertz CT molecular complexity index is 540. The number of nitrogens with one attached hydrogen (secondary N) is 1. The summed E-state index contributed by atoms with van der Waals surface area (Å²) in [6, 6.07) is 4.47. The number of rotatable bonds is 2. The van der Waals surface area contributed by atoms with E-state index in [-0.39, 0.29) is 17.5 Å². The minimum absolute atomic E-state index is 0.188. The van der Waals surface area contributed by atoms with Gasteiger partial charge in [-0.25, -0.2) is 4.39 Å². The predicted octanol–water partition coefficient (Wildman–Crippen LogP) is 2.90. The zero-order valence-electron chi connectivity index (χ0n) is 8.09. The summed E-state index contributed by atoms with van der Waals surface area (Å²) in [5.41, 5.74) is 1.39. The summed E-state index contributed by atoms with van der Waals surface area (Å²) in [5.74, 6) is 0.108. The van der Waals surface area contributed by atoms with E-state index in [1.807, 2.05) is 0 Å². The third-order valence-electron chi connectivity index (χ3n) is 2.86. The van der Waals surface area contributed by atoms with Crippen LogP contribution in [0, 0.1) is 11.7 Å². The van der Waals surface area contributed by atoms with Gasteiger partial charge in [-0.1, -0.05) is 0 Å². The van der Waals surface area contributed by atoms with Crippen LogP contribution in [0.25, 0.3) is 10.9 Å². The Morgan fingerprint density at radius 3 is 2.93 bits per heavy atom. The van der Waals surface area contributed by atoms with E-state index in [0.29, 0.717) is 11.1 Å². The highest BCUT2D eigenvalue weighted by molar-refractivity contribution is 6.09. The quantitative estimate of drug-likeness (QED) is 0.748. The molecular formula is C12H10FNO. The minimum Gasteiger partial charge on any atom is -0.360 e. The number of H-pyrrole nitrogens is 1. The Labute approximate surface area is 86.1 Å². The number of benzene rings is 1. The van der Waals surface area contributed by atoms with Gasteiger partial charge in [0.05, 0.1) is 0 Å². The van der Waals surface area contributed by atoms with E-state index >= 15 is 0 Å². The van der Waals surface area contributed by atoms with Gasteiger partial charge in [0.1, 0.15) is 5.82 Å². The molecule has 0 spiro atoms. The SMILES string of the molecule is O=C(c1c[nH]c2cc(F)ccc12)C1CC1. The summed E-state index contributed by atoms with van der Waals surface area (Å²) in [5, 5.41) is 0.827. The van der Waals surface area contributed by atoms with Gasteiger partial charge in [0.15, 0.2) is 5.78 Å². The van der Waals surface area contributed by atoms with Gasteiger partial charge in [0.25, 0.3) is 0 Å². The van der Waals surface area contributed by atoms with Crippen molar-refractivity contribution in [1.82, 2.24) is 4.98 Å². The number of aromatic nitrogens is 1. The zero-order chi connectivity index (χ0) is 10.4. The van der Waals surface area contributed by atoms with E-state index in [9.17, 15) is 9.18 Å². The molecule has 2 nitrogen and oxygen atoms in total. The molecule has 0 aliphatic heterocycles. The molecule has 1 fully saturated rings. The van der Waals surface area contributed by atoms with E-state index in [2.05, 4.69) is 4.98 Å². The number of halogens is 1. The van der Waals surface area contributed by atoms with Gasteiger partial charge in [-0.05, 0) is 31.0 Å². The average Bonchev–Trinajstić information content (AvgIpc) is 2.98. The van der Waals surface area contributed by atoms with Crippen molar-refractivity contribution in [3.8, 4) is 0 Å². The Hall–Kier alpha value is -1.64. The number of Topliss-reactive ketones (excluding diaryl/α,β-unsaturated/α-hetero) is 1. The average molecular weight is 203 g/mol. The molecule has 2 aromatic rings. The van der Waals surface area contributed by atoms with Gasteiger partial charge >= 0.3 is 0 Å². The number of carbonyl (C=O) groups is 1. The Balaban J connectivity index is 2.15. The third kappa shape index (κ3) is 1.35. The lowest BCUT2D eigenvalue weighted by molar-refractivity contribution is 0.0969. The molecule has 0 unspecified atom stereocenters. The van der Waals surface area contributed by atoms with E-state index in [4.69, 9.17) is 0 Å². The van der Waals surface area contributed by atoms with Crippen LogP contribution in [0.2, 0.25) is 0 Å². The minimum atomic E-state index is -0.283. The van der Waals surface area contributed by atoms with Crippen LogP contribution >= 0.6 is 0 Å². The van der Waals surface area contributed by atoms with Crippen molar-refractivity contribution in [3.05, 3.63) is 35.8 Å². The summed E-state index contributed by atoms with van der Waals surface area (Å²) < 4.78 is 12.9. The smallest absolute Gasteiger partial charge is 0.168 e. The van der Waals surface area contributed by atoms with E-state index in [1.54, 1.807) is 12.3 Å². The van der Waals surface area contributed by atoms with Gasteiger partial charge in [-0.2, -0.15) is 0 Å². The van der Waals surface area contributed by atoms with Crippen molar-refractivity contribution in [2.75, 3.05) is 0 Å². The molecule has 0 radical (unpaired) electrons. The maximum atomic E-state index is 12.9. The van der Waals surface area contributed by atoms with Crippen molar-refractivity contribution in [2.45, 2.75) is 12.8 Å². The summed E-state index contributed by atoms with van der Waals surface area (Å²) in [6.07, 6.45) is 3.67. The highest BCUT2D eigenvalue weighted by Crippen LogP contribution is 2.34. The lowest BCUT2D eigenvalue weighted by Gasteiger charge is -1.95. The van der Waals surface area contributed by atoms with Gasteiger partial charge in [0.2, 0.25) is 0 Å². The number of hydrogen-bond acceptors (Lipinski definition) is 1. The van der Waals surface area contributed by atoms with Crippen molar-refractivity contribution < 1.29 is 9.18 Å². The molecule has 3 rings (SSSR count). The topological polar surface area (TPSA) is 32.9 Å². The lowest BCUT2D eigenvalue weighted by atomic mass is 10.1. The highest BCUT2D eigenvalue weighted by atomic mass is 19.1. The lowest BCUT2D eigenvalue weighted by Crippen LogP contribution is -1.99. The third-order valence-corrected chi connectivity index (χ3v) is 2.86. The van der Waals surface area contributed by atoms with Crippen molar-refractivity contribution in [2.24, 2.45) is 5.92 Å². The summed E-state index contributed by atoms with van der Waals surface area (Å²) in [4.78, 5) is 14.8. The maximum Gasteiger partial charge on any atom is 0.168 e. The first-order valence-electron chi connectivity index (χ1n) is 5.06. The first-order valence-corrected chi connectivity index (χ1v) is 5.06. The van der Waals surface area contributed by atoms with Crippen LogP contribution in [0.15, 0.2) is 24.4 Å². The van der Waals surface area contributed by atoms with E-state index in [0.717, 1.165) is 18.2 Å². The molecule has 3 heteroatoms. The van der Waals surface area contributed by atoms with Crippen LogP contribution in [-0.4, -0.2) is 10.8 Å². The molecule has 0 atom stereocenters. The molecule has 1 aliphatic carbocycles. The van der Waals surface area contributed by atoms with Gasteiger partial charge < -0.3 is 4.98 Å². The van der Waals surface area contributed by atoms with Crippen molar-refractivity contribution in [1.29, 1.82) is 0 Å². The predicted molar refractivity (Wildman–Crippen MR) is 55.3 cm³/mol. The molecule has 1 heterocycles. The second-order valence-corrected chi connectivity index (χ2v) is 4.03. The van der Waals surface area contributed by atoms with Gasteiger partial charge in [-0.3, -0.25) is 4.79 Å². The molecule has 0 amide bonds. The van der Waals surface area contributed by atoms with Crippen LogP contribution in [0.1, 0.15) is 23.2 Å².